The number of halogens is 3. The minimum absolute atomic E-state index is 0.0480. The molecule has 0 bridgehead atoms. The van der Waals surface area contributed by atoms with Crippen LogP contribution in [-0.2, 0) is 22.6 Å². The number of nitrogens with one attached hydrogen (secondary N) is 1. The fraction of sp³-hybridized carbons (Fsp3) is 0.389. The number of furan rings is 1. The Hall–Kier alpha value is -2.52. The molecule has 1 aromatic carbocycles. The number of carbonyl (C=O) groups excluding carboxylic acids is 1. The molecule has 0 aliphatic rings. The lowest BCUT2D eigenvalue weighted by molar-refractivity contribution is -0.274. The predicted molar refractivity (Wildman–Crippen MR) is 90.8 cm³/mol. The third-order valence-corrected chi connectivity index (χ3v) is 3.61. The van der Waals surface area contributed by atoms with Crippen LogP contribution in [0.2, 0.25) is 0 Å². The van der Waals surface area contributed by atoms with E-state index in [-0.39, 0.29) is 30.3 Å². The van der Waals surface area contributed by atoms with Crippen LogP contribution in [0.5, 0.6) is 5.75 Å². The van der Waals surface area contributed by atoms with Gasteiger partial charge in [0.15, 0.2) is 0 Å². The molecule has 0 spiro atoms. The molecule has 1 amide bonds. The van der Waals surface area contributed by atoms with Crippen molar-refractivity contribution in [1.29, 1.82) is 0 Å². The van der Waals surface area contributed by atoms with Gasteiger partial charge in [-0.15, -0.1) is 13.2 Å². The minimum Gasteiger partial charge on any atom is -0.468 e. The van der Waals surface area contributed by atoms with Crippen molar-refractivity contribution in [2.24, 2.45) is 0 Å². The van der Waals surface area contributed by atoms with Gasteiger partial charge in [-0.25, -0.2) is 0 Å². The Balaban J connectivity index is 1.91. The molecule has 1 heterocycles. The zero-order valence-electron chi connectivity index (χ0n) is 14.8. The number of benzene rings is 1. The van der Waals surface area contributed by atoms with E-state index in [1.807, 2.05) is 4.90 Å². The molecule has 0 saturated carbocycles. The summed E-state index contributed by atoms with van der Waals surface area (Å²) in [6.07, 6.45) is -3.25. The summed E-state index contributed by atoms with van der Waals surface area (Å²) in [7, 11) is 1.56. The molecule has 0 aliphatic carbocycles. The molecule has 27 heavy (non-hydrogen) atoms. The van der Waals surface area contributed by atoms with Crippen molar-refractivity contribution in [1.82, 2.24) is 10.2 Å². The van der Waals surface area contributed by atoms with Gasteiger partial charge in [0.2, 0.25) is 5.91 Å². The summed E-state index contributed by atoms with van der Waals surface area (Å²) in [5, 5.41) is 2.61. The van der Waals surface area contributed by atoms with Crippen LogP contribution in [0.3, 0.4) is 0 Å². The van der Waals surface area contributed by atoms with Crippen molar-refractivity contribution in [3.63, 3.8) is 0 Å². The van der Waals surface area contributed by atoms with E-state index in [1.165, 1.54) is 18.2 Å². The summed E-state index contributed by atoms with van der Waals surface area (Å²) in [6, 6.07) is 9.22. The topological polar surface area (TPSA) is 63.9 Å². The molecule has 0 fully saturated rings. The highest BCUT2D eigenvalue weighted by atomic mass is 19.4. The molecule has 6 nitrogen and oxygen atoms in total. The van der Waals surface area contributed by atoms with Gasteiger partial charge in [-0.2, -0.15) is 0 Å². The molecular weight excluding hydrogens is 365 g/mol. The van der Waals surface area contributed by atoms with E-state index in [2.05, 4.69) is 10.1 Å². The number of carbonyl (C=O) groups is 1. The molecule has 0 atom stereocenters. The van der Waals surface area contributed by atoms with Crippen molar-refractivity contribution in [2.75, 3.05) is 26.8 Å². The SMILES string of the molecule is COCCN(CC(=O)NCc1ccccc1OC(F)(F)F)Cc1ccco1. The number of hydrogen-bond acceptors (Lipinski definition) is 5. The maximum atomic E-state index is 12.5. The first kappa shape index (κ1) is 20.8. The first-order chi connectivity index (χ1) is 12.9. The van der Waals surface area contributed by atoms with Crippen molar-refractivity contribution in [2.45, 2.75) is 19.5 Å². The van der Waals surface area contributed by atoms with Gasteiger partial charge in [0.05, 0.1) is 26.0 Å². The Labute approximate surface area is 154 Å². The molecule has 0 radical (unpaired) electrons. The van der Waals surface area contributed by atoms with Crippen LogP contribution in [0.25, 0.3) is 0 Å². The standard InChI is InChI=1S/C18H21F3N2O4/c1-25-10-8-23(12-15-6-4-9-26-15)13-17(24)22-11-14-5-2-3-7-16(14)27-18(19,20)21/h2-7,9H,8,10-13H2,1H3,(H,22,24). The van der Waals surface area contributed by atoms with E-state index in [1.54, 1.807) is 31.6 Å². The van der Waals surface area contributed by atoms with Gasteiger partial charge in [-0.05, 0) is 18.2 Å². The molecule has 1 aromatic heterocycles. The maximum absolute atomic E-state index is 12.5. The van der Waals surface area contributed by atoms with Gasteiger partial charge in [-0.3, -0.25) is 9.69 Å². The Kier molecular flexibility index (Phi) is 7.68. The second-order valence-corrected chi connectivity index (χ2v) is 5.72. The number of nitrogens with zero attached hydrogens (tertiary/aromatic N) is 1. The average Bonchev–Trinajstić information content (AvgIpc) is 3.10. The van der Waals surface area contributed by atoms with Crippen molar-refractivity contribution >= 4 is 5.91 Å². The zero-order valence-corrected chi connectivity index (χ0v) is 14.8. The number of hydrogen-bond donors (Lipinski definition) is 1. The Bertz CT molecular complexity index is 705. The van der Waals surface area contributed by atoms with Gasteiger partial charge in [-0.1, -0.05) is 18.2 Å². The van der Waals surface area contributed by atoms with E-state index in [9.17, 15) is 18.0 Å². The lowest BCUT2D eigenvalue weighted by Crippen LogP contribution is -2.38. The average molecular weight is 386 g/mol. The maximum Gasteiger partial charge on any atom is 0.573 e. The number of para-hydroxylation sites is 1. The molecule has 0 aliphatic heterocycles. The van der Waals surface area contributed by atoms with Gasteiger partial charge in [0.1, 0.15) is 11.5 Å². The first-order valence-corrected chi connectivity index (χ1v) is 8.21. The van der Waals surface area contributed by atoms with Crippen molar-refractivity contribution < 1.29 is 31.9 Å². The van der Waals surface area contributed by atoms with Crippen LogP contribution in [0.4, 0.5) is 13.2 Å². The molecule has 2 aromatic rings. The third-order valence-electron chi connectivity index (χ3n) is 3.61. The van der Waals surface area contributed by atoms with Crippen molar-refractivity contribution in [3.05, 3.63) is 54.0 Å². The third kappa shape index (κ3) is 7.71. The number of alkyl halides is 3. The molecule has 1 N–H and O–H groups in total. The van der Waals surface area contributed by atoms with Gasteiger partial charge in [0.25, 0.3) is 0 Å². The summed E-state index contributed by atoms with van der Waals surface area (Å²) in [5.41, 5.74) is 0.234. The molecule has 0 unspecified atom stereocenters. The summed E-state index contributed by atoms with van der Waals surface area (Å²) >= 11 is 0. The number of rotatable bonds is 10. The van der Waals surface area contributed by atoms with Crippen LogP contribution in [0, 0.1) is 0 Å². The number of methoxy groups -OCH3 is 1. The lowest BCUT2D eigenvalue weighted by Gasteiger charge is -2.20. The summed E-state index contributed by atoms with van der Waals surface area (Å²) in [6.45, 7) is 1.31. The Morgan fingerprint density at radius 1 is 1.22 bits per heavy atom. The van der Waals surface area contributed by atoms with E-state index in [4.69, 9.17) is 9.15 Å². The fourth-order valence-corrected chi connectivity index (χ4v) is 2.38. The number of amides is 1. The second-order valence-electron chi connectivity index (χ2n) is 5.72. The highest BCUT2D eigenvalue weighted by molar-refractivity contribution is 5.78. The Morgan fingerprint density at radius 2 is 2.00 bits per heavy atom. The van der Waals surface area contributed by atoms with Crippen LogP contribution in [-0.4, -0.2) is 44.0 Å². The van der Waals surface area contributed by atoms with E-state index >= 15 is 0 Å². The Morgan fingerprint density at radius 3 is 2.67 bits per heavy atom. The van der Waals surface area contributed by atoms with Gasteiger partial charge in [0, 0.05) is 25.8 Å². The zero-order chi connectivity index (χ0) is 19.7. The second kappa shape index (κ2) is 9.98. The molecule has 2 rings (SSSR count). The summed E-state index contributed by atoms with van der Waals surface area (Å²) < 4.78 is 51.7. The first-order valence-electron chi connectivity index (χ1n) is 8.21. The van der Waals surface area contributed by atoms with Crippen LogP contribution < -0.4 is 10.1 Å². The summed E-state index contributed by atoms with van der Waals surface area (Å²) in [5.74, 6) is 0.0272. The van der Waals surface area contributed by atoms with Crippen molar-refractivity contribution in [3.8, 4) is 5.75 Å². The number of ether oxygens (including phenoxy) is 2. The van der Waals surface area contributed by atoms with Crippen LogP contribution in [0.1, 0.15) is 11.3 Å². The smallest absolute Gasteiger partial charge is 0.468 e. The van der Waals surface area contributed by atoms with Gasteiger partial charge >= 0.3 is 6.36 Å². The van der Waals surface area contributed by atoms with Gasteiger partial charge < -0.3 is 19.2 Å². The minimum atomic E-state index is -4.79. The predicted octanol–water partition coefficient (Wildman–Crippen LogP) is 2.94. The highest BCUT2D eigenvalue weighted by Crippen LogP contribution is 2.26. The highest BCUT2D eigenvalue weighted by Gasteiger charge is 2.32. The van der Waals surface area contributed by atoms with Crippen LogP contribution >= 0.6 is 0 Å². The lowest BCUT2D eigenvalue weighted by atomic mass is 10.2. The molecule has 148 valence electrons. The van der Waals surface area contributed by atoms with E-state index in [0.29, 0.717) is 25.5 Å². The molecular formula is C18H21F3N2O4. The monoisotopic (exact) mass is 386 g/mol. The molecule has 0 saturated heterocycles. The van der Waals surface area contributed by atoms with E-state index < -0.39 is 6.36 Å². The van der Waals surface area contributed by atoms with Crippen LogP contribution in [0.15, 0.2) is 47.1 Å². The fourth-order valence-electron chi connectivity index (χ4n) is 2.38. The van der Waals surface area contributed by atoms with E-state index in [0.717, 1.165) is 0 Å². The summed E-state index contributed by atoms with van der Waals surface area (Å²) in [4.78, 5) is 14.0. The molecule has 9 heteroatoms. The largest absolute Gasteiger partial charge is 0.573 e. The quantitative estimate of drug-likeness (QED) is 0.680. The normalized spacial score (nSPS) is 11.6.